The van der Waals surface area contributed by atoms with Gasteiger partial charge in [0.15, 0.2) is 0 Å². The van der Waals surface area contributed by atoms with Gasteiger partial charge in [-0.25, -0.2) is 0 Å². The first-order chi connectivity index (χ1) is 9.38. The van der Waals surface area contributed by atoms with Crippen LogP contribution in [-0.4, -0.2) is 11.3 Å². The van der Waals surface area contributed by atoms with Crippen LogP contribution in [0.15, 0.2) is 42.6 Å². The lowest BCUT2D eigenvalue weighted by atomic mass is 9.97. The van der Waals surface area contributed by atoms with Crippen molar-refractivity contribution >= 4 is 0 Å². The number of nitrogens with zero attached hydrogens (tertiary/aromatic N) is 1. The van der Waals surface area contributed by atoms with Gasteiger partial charge in [0.25, 0.3) is 0 Å². The second kappa shape index (κ2) is 5.53. The van der Waals surface area contributed by atoms with E-state index in [1.54, 1.807) is 24.4 Å². The average Bonchev–Trinajstić information content (AvgIpc) is 2.37. The maximum atomic E-state index is 12.5. The zero-order chi connectivity index (χ0) is 14.8. The predicted molar refractivity (Wildman–Crippen MR) is 70.4 cm³/mol. The summed E-state index contributed by atoms with van der Waals surface area (Å²) in [5.74, 6) is -0.0850. The van der Waals surface area contributed by atoms with Crippen LogP contribution in [-0.2, 0) is 0 Å². The monoisotopic (exact) mass is 281 g/mol. The minimum absolute atomic E-state index is 0.151. The van der Waals surface area contributed by atoms with Gasteiger partial charge >= 0.3 is 6.36 Å². The average molecular weight is 281 g/mol. The van der Waals surface area contributed by atoms with Gasteiger partial charge in [0.05, 0.1) is 5.69 Å². The summed E-state index contributed by atoms with van der Waals surface area (Å²) in [6, 6.07) is 9.67. The topological polar surface area (TPSA) is 22.1 Å². The summed E-state index contributed by atoms with van der Waals surface area (Å²) < 4.78 is 41.4. The number of aromatic nitrogens is 1. The van der Waals surface area contributed by atoms with Crippen LogP contribution < -0.4 is 4.74 Å². The van der Waals surface area contributed by atoms with E-state index in [1.807, 2.05) is 19.9 Å². The fourth-order valence-corrected chi connectivity index (χ4v) is 1.98. The highest BCUT2D eigenvalue weighted by atomic mass is 19.4. The third-order valence-electron chi connectivity index (χ3n) is 2.83. The van der Waals surface area contributed by atoms with Crippen molar-refractivity contribution < 1.29 is 17.9 Å². The summed E-state index contributed by atoms with van der Waals surface area (Å²) in [6.45, 7) is 3.93. The molecule has 2 nitrogen and oxygen atoms in total. The molecule has 20 heavy (non-hydrogen) atoms. The first-order valence-electron chi connectivity index (χ1n) is 6.18. The molecule has 5 heteroatoms. The van der Waals surface area contributed by atoms with E-state index in [0.29, 0.717) is 11.3 Å². The van der Waals surface area contributed by atoms with Crippen LogP contribution in [0.25, 0.3) is 11.3 Å². The third-order valence-corrected chi connectivity index (χ3v) is 2.83. The Hall–Kier alpha value is -2.04. The molecule has 0 aliphatic heterocycles. The lowest BCUT2D eigenvalue weighted by Gasteiger charge is -2.16. The van der Waals surface area contributed by atoms with Crippen LogP contribution in [0.1, 0.15) is 25.3 Å². The minimum atomic E-state index is -4.72. The molecule has 0 unspecified atom stereocenters. The Balaban J connectivity index is 2.54. The van der Waals surface area contributed by atoms with Gasteiger partial charge in [-0.3, -0.25) is 4.98 Å². The van der Waals surface area contributed by atoms with Crippen LogP contribution in [0.3, 0.4) is 0 Å². The summed E-state index contributed by atoms with van der Waals surface area (Å²) >= 11 is 0. The van der Waals surface area contributed by atoms with E-state index in [9.17, 15) is 13.2 Å². The molecular formula is C15H14F3NO. The lowest BCUT2D eigenvalue weighted by molar-refractivity contribution is -0.274. The maximum Gasteiger partial charge on any atom is 0.573 e. The third kappa shape index (κ3) is 3.29. The van der Waals surface area contributed by atoms with E-state index in [1.165, 1.54) is 12.1 Å². The number of para-hydroxylation sites is 1. The van der Waals surface area contributed by atoms with Gasteiger partial charge in [0.2, 0.25) is 0 Å². The van der Waals surface area contributed by atoms with Crippen LogP contribution in [0.4, 0.5) is 13.2 Å². The number of rotatable bonds is 3. The number of halogens is 3. The normalized spacial score (nSPS) is 11.7. The SMILES string of the molecule is CC(C)c1cccnc1-c1ccccc1OC(F)(F)F. The van der Waals surface area contributed by atoms with Gasteiger partial charge in [-0.15, -0.1) is 13.2 Å². The molecule has 1 aromatic heterocycles. The smallest absolute Gasteiger partial charge is 0.405 e. The highest BCUT2D eigenvalue weighted by Crippen LogP contribution is 2.36. The Morgan fingerprint density at radius 1 is 1.05 bits per heavy atom. The first kappa shape index (κ1) is 14.4. The fourth-order valence-electron chi connectivity index (χ4n) is 1.98. The number of alkyl halides is 3. The molecule has 0 spiro atoms. The minimum Gasteiger partial charge on any atom is -0.405 e. The van der Waals surface area contributed by atoms with E-state index in [0.717, 1.165) is 5.56 Å². The molecule has 0 saturated heterocycles. The second-order valence-electron chi connectivity index (χ2n) is 4.64. The number of hydrogen-bond acceptors (Lipinski definition) is 2. The van der Waals surface area contributed by atoms with Crippen molar-refractivity contribution in [2.75, 3.05) is 0 Å². The van der Waals surface area contributed by atoms with E-state index in [2.05, 4.69) is 9.72 Å². The van der Waals surface area contributed by atoms with Crippen LogP contribution in [0.5, 0.6) is 5.75 Å². The number of pyridine rings is 1. The highest BCUT2D eigenvalue weighted by Gasteiger charge is 2.32. The standard InChI is InChI=1S/C15H14F3NO/c1-10(2)11-7-5-9-19-14(11)12-6-3-4-8-13(12)20-15(16,17)18/h3-10H,1-2H3. The molecule has 1 heterocycles. The highest BCUT2D eigenvalue weighted by molar-refractivity contribution is 5.70. The molecule has 106 valence electrons. The number of benzene rings is 1. The molecule has 0 aliphatic carbocycles. The summed E-state index contributed by atoms with van der Waals surface area (Å²) in [4.78, 5) is 4.21. The Morgan fingerprint density at radius 3 is 2.40 bits per heavy atom. The van der Waals surface area contributed by atoms with Gasteiger partial charge in [-0.2, -0.15) is 0 Å². The molecule has 0 radical (unpaired) electrons. The predicted octanol–water partition coefficient (Wildman–Crippen LogP) is 4.77. The summed E-state index contributed by atoms with van der Waals surface area (Å²) in [5.41, 5.74) is 1.74. The van der Waals surface area contributed by atoms with E-state index >= 15 is 0 Å². The zero-order valence-electron chi connectivity index (χ0n) is 11.1. The van der Waals surface area contributed by atoms with Crippen molar-refractivity contribution in [2.45, 2.75) is 26.1 Å². The van der Waals surface area contributed by atoms with Gasteiger partial charge in [-0.1, -0.05) is 32.0 Å². The zero-order valence-corrected chi connectivity index (χ0v) is 11.1. The van der Waals surface area contributed by atoms with Crippen molar-refractivity contribution in [1.82, 2.24) is 4.98 Å². The molecular weight excluding hydrogens is 267 g/mol. The van der Waals surface area contributed by atoms with E-state index < -0.39 is 6.36 Å². The molecule has 0 fully saturated rings. The summed E-state index contributed by atoms with van der Waals surface area (Å²) in [6.07, 6.45) is -3.16. The van der Waals surface area contributed by atoms with Crippen molar-refractivity contribution in [3.63, 3.8) is 0 Å². The van der Waals surface area contributed by atoms with Gasteiger partial charge < -0.3 is 4.74 Å². The summed E-state index contributed by atoms with van der Waals surface area (Å²) in [5, 5.41) is 0. The largest absolute Gasteiger partial charge is 0.573 e. The van der Waals surface area contributed by atoms with Crippen molar-refractivity contribution in [1.29, 1.82) is 0 Å². The number of ether oxygens (including phenoxy) is 1. The van der Waals surface area contributed by atoms with Gasteiger partial charge in [0, 0.05) is 11.8 Å². The van der Waals surface area contributed by atoms with Crippen molar-refractivity contribution in [3.8, 4) is 17.0 Å². The second-order valence-corrected chi connectivity index (χ2v) is 4.64. The Bertz CT molecular complexity index is 594. The lowest BCUT2D eigenvalue weighted by Crippen LogP contribution is -2.17. The Kier molecular flexibility index (Phi) is 3.97. The Labute approximate surface area is 115 Å². The molecule has 0 bridgehead atoms. The molecule has 0 aliphatic rings. The molecule has 2 aromatic rings. The fraction of sp³-hybridized carbons (Fsp3) is 0.267. The van der Waals surface area contributed by atoms with Crippen LogP contribution >= 0.6 is 0 Å². The maximum absolute atomic E-state index is 12.5. The molecule has 0 atom stereocenters. The van der Waals surface area contributed by atoms with Crippen molar-refractivity contribution in [3.05, 3.63) is 48.2 Å². The van der Waals surface area contributed by atoms with Crippen LogP contribution in [0, 0.1) is 0 Å². The van der Waals surface area contributed by atoms with Crippen molar-refractivity contribution in [2.24, 2.45) is 0 Å². The Morgan fingerprint density at radius 2 is 1.75 bits per heavy atom. The number of hydrogen-bond donors (Lipinski definition) is 0. The first-order valence-corrected chi connectivity index (χ1v) is 6.18. The van der Waals surface area contributed by atoms with E-state index in [-0.39, 0.29) is 11.7 Å². The van der Waals surface area contributed by atoms with Gasteiger partial charge in [0.1, 0.15) is 5.75 Å². The quantitative estimate of drug-likeness (QED) is 0.808. The molecule has 0 N–H and O–H groups in total. The summed E-state index contributed by atoms with van der Waals surface area (Å²) in [7, 11) is 0. The molecule has 2 rings (SSSR count). The molecule has 0 amide bonds. The van der Waals surface area contributed by atoms with Crippen LogP contribution in [0.2, 0.25) is 0 Å². The molecule has 0 saturated carbocycles. The van der Waals surface area contributed by atoms with Gasteiger partial charge in [-0.05, 0) is 29.7 Å². The molecule has 1 aromatic carbocycles. The van der Waals surface area contributed by atoms with E-state index in [4.69, 9.17) is 0 Å².